The largest absolute Gasteiger partial charge is 0.493 e. The van der Waals surface area contributed by atoms with Crippen LogP contribution < -0.4 is 14.8 Å². The van der Waals surface area contributed by atoms with Crippen LogP contribution in [0, 0.1) is 0 Å². The van der Waals surface area contributed by atoms with Gasteiger partial charge in [-0.1, -0.05) is 18.2 Å². The van der Waals surface area contributed by atoms with Gasteiger partial charge < -0.3 is 14.8 Å². The highest BCUT2D eigenvalue weighted by molar-refractivity contribution is 5.96. The van der Waals surface area contributed by atoms with E-state index in [0.29, 0.717) is 17.1 Å². The van der Waals surface area contributed by atoms with Crippen molar-refractivity contribution in [2.45, 2.75) is 50.9 Å². The average molecular weight is 407 g/mol. The molecular formula is C22H24F3NO3. The monoisotopic (exact) mass is 407 g/mol. The van der Waals surface area contributed by atoms with E-state index in [-0.39, 0.29) is 6.10 Å². The van der Waals surface area contributed by atoms with Gasteiger partial charge in [-0.25, -0.2) is 0 Å². The number of amides is 1. The van der Waals surface area contributed by atoms with E-state index in [0.717, 1.165) is 31.7 Å². The Morgan fingerprint density at radius 2 is 1.79 bits per heavy atom. The molecule has 1 saturated carbocycles. The van der Waals surface area contributed by atoms with Gasteiger partial charge in [-0.3, -0.25) is 4.79 Å². The predicted octanol–water partition coefficient (Wildman–Crippen LogP) is 5.53. The standard InChI is InChI=1S/C22H24F3NO3/c1-14(26-21(27)17-9-5-6-10-18(17)22(23,24)25)15-11-12-19(20(13-15)28-2)29-16-7-3-4-8-16/h5-6,9-14,16H,3-4,7-8H2,1-2H3,(H,26,27)/t14-/m0/s1. The van der Waals surface area contributed by atoms with Gasteiger partial charge in [0, 0.05) is 0 Å². The molecule has 2 aromatic carbocycles. The smallest absolute Gasteiger partial charge is 0.417 e. The molecule has 0 radical (unpaired) electrons. The number of ether oxygens (including phenoxy) is 2. The Kier molecular flexibility index (Phi) is 6.35. The number of hydrogen-bond acceptors (Lipinski definition) is 3. The van der Waals surface area contributed by atoms with Crippen LogP contribution in [-0.2, 0) is 6.18 Å². The maximum atomic E-state index is 13.2. The van der Waals surface area contributed by atoms with E-state index in [1.165, 1.54) is 25.3 Å². The lowest BCUT2D eigenvalue weighted by atomic mass is 10.0. The summed E-state index contributed by atoms with van der Waals surface area (Å²) in [5.74, 6) is 0.381. The Bertz CT molecular complexity index is 861. The summed E-state index contributed by atoms with van der Waals surface area (Å²) in [7, 11) is 1.53. The highest BCUT2D eigenvalue weighted by atomic mass is 19.4. The van der Waals surface area contributed by atoms with Gasteiger partial charge in [0.05, 0.1) is 30.4 Å². The number of nitrogens with one attached hydrogen (secondary N) is 1. The van der Waals surface area contributed by atoms with Gasteiger partial charge in [-0.2, -0.15) is 13.2 Å². The Balaban J connectivity index is 1.75. The minimum atomic E-state index is -4.60. The Morgan fingerprint density at radius 3 is 2.45 bits per heavy atom. The van der Waals surface area contributed by atoms with Crippen LogP contribution in [0.25, 0.3) is 0 Å². The Hall–Kier alpha value is -2.70. The second-order valence-corrected chi connectivity index (χ2v) is 7.17. The molecule has 0 bridgehead atoms. The van der Waals surface area contributed by atoms with Gasteiger partial charge in [0.15, 0.2) is 11.5 Å². The summed E-state index contributed by atoms with van der Waals surface area (Å²) in [4.78, 5) is 12.5. The molecule has 0 unspecified atom stereocenters. The van der Waals surface area contributed by atoms with Gasteiger partial charge in [0.2, 0.25) is 0 Å². The summed E-state index contributed by atoms with van der Waals surface area (Å²) >= 11 is 0. The lowest BCUT2D eigenvalue weighted by molar-refractivity contribution is -0.137. The molecule has 1 aliphatic carbocycles. The third kappa shape index (κ3) is 5.02. The van der Waals surface area contributed by atoms with Crippen LogP contribution in [0.5, 0.6) is 11.5 Å². The number of rotatable bonds is 6. The van der Waals surface area contributed by atoms with Crippen LogP contribution >= 0.6 is 0 Å². The molecule has 156 valence electrons. The summed E-state index contributed by atoms with van der Waals surface area (Å²) in [6, 6.07) is 9.53. The quantitative estimate of drug-likeness (QED) is 0.685. The lowest BCUT2D eigenvalue weighted by Crippen LogP contribution is -2.28. The molecule has 1 fully saturated rings. The summed E-state index contributed by atoms with van der Waals surface area (Å²) < 4.78 is 50.9. The molecule has 1 aliphatic rings. The summed E-state index contributed by atoms with van der Waals surface area (Å²) in [6.45, 7) is 1.71. The Labute approximate surface area is 168 Å². The second kappa shape index (κ2) is 8.76. The molecule has 1 amide bonds. The fourth-order valence-electron chi connectivity index (χ4n) is 3.52. The summed E-state index contributed by atoms with van der Waals surface area (Å²) in [5.41, 5.74) is -0.652. The van der Waals surface area contributed by atoms with Gasteiger partial charge in [0.25, 0.3) is 5.91 Å². The van der Waals surface area contributed by atoms with E-state index in [9.17, 15) is 18.0 Å². The van der Waals surface area contributed by atoms with Gasteiger partial charge in [-0.05, 0) is 62.4 Å². The maximum Gasteiger partial charge on any atom is 0.417 e. The van der Waals surface area contributed by atoms with Crippen molar-refractivity contribution < 1.29 is 27.4 Å². The second-order valence-electron chi connectivity index (χ2n) is 7.17. The number of alkyl halides is 3. The molecule has 4 nitrogen and oxygen atoms in total. The SMILES string of the molecule is COc1cc([C@H](C)NC(=O)c2ccccc2C(F)(F)F)ccc1OC1CCCC1. The third-order valence-corrected chi connectivity index (χ3v) is 5.11. The zero-order valence-electron chi connectivity index (χ0n) is 16.4. The van der Waals surface area contributed by atoms with Gasteiger partial charge >= 0.3 is 6.18 Å². The van der Waals surface area contributed by atoms with E-state index in [4.69, 9.17) is 9.47 Å². The number of halogens is 3. The zero-order valence-corrected chi connectivity index (χ0v) is 16.4. The molecule has 0 saturated heterocycles. The van der Waals surface area contributed by atoms with Crippen LogP contribution in [0.2, 0.25) is 0 Å². The molecule has 29 heavy (non-hydrogen) atoms. The summed E-state index contributed by atoms with van der Waals surface area (Å²) in [6.07, 6.45) is -0.113. The molecule has 0 aliphatic heterocycles. The number of carbonyl (C=O) groups is 1. The van der Waals surface area contributed by atoms with Crippen molar-refractivity contribution in [1.82, 2.24) is 5.32 Å². The minimum absolute atomic E-state index is 0.172. The topological polar surface area (TPSA) is 47.6 Å². The van der Waals surface area contributed by atoms with E-state index in [1.54, 1.807) is 25.1 Å². The first-order valence-corrected chi connectivity index (χ1v) is 9.61. The van der Waals surface area contributed by atoms with E-state index < -0.39 is 29.3 Å². The molecule has 1 N–H and O–H groups in total. The van der Waals surface area contributed by atoms with Crippen LogP contribution in [0.4, 0.5) is 13.2 Å². The van der Waals surface area contributed by atoms with Crippen molar-refractivity contribution in [1.29, 1.82) is 0 Å². The zero-order chi connectivity index (χ0) is 21.0. The molecule has 2 aromatic rings. The first-order chi connectivity index (χ1) is 13.8. The van der Waals surface area contributed by atoms with Gasteiger partial charge in [0.1, 0.15) is 0 Å². The molecule has 0 aromatic heterocycles. The van der Waals surface area contributed by atoms with Crippen molar-refractivity contribution in [3.8, 4) is 11.5 Å². The molecule has 1 atom stereocenters. The maximum absolute atomic E-state index is 13.2. The number of hydrogen-bond donors (Lipinski definition) is 1. The molecular weight excluding hydrogens is 383 g/mol. The highest BCUT2D eigenvalue weighted by Crippen LogP contribution is 2.34. The normalized spacial score (nSPS) is 15.8. The third-order valence-electron chi connectivity index (χ3n) is 5.11. The van der Waals surface area contributed by atoms with Crippen LogP contribution in [0.1, 0.15) is 60.1 Å². The molecule has 7 heteroatoms. The number of benzene rings is 2. The predicted molar refractivity (Wildman–Crippen MR) is 103 cm³/mol. The fraction of sp³-hybridized carbons (Fsp3) is 0.409. The fourth-order valence-corrected chi connectivity index (χ4v) is 3.52. The van der Waals surface area contributed by atoms with Crippen molar-refractivity contribution in [2.75, 3.05) is 7.11 Å². The Morgan fingerprint density at radius 1 is 1.10 bits per heavy atom. The van der Waals surface area contributed by atoms with Crippen molar-refractivity contribution in [2.24, 2.45) is 0 Å². The van der Waals surface area contributed by atoms with Crippen molar-refractivity contribution in [3.63, 3.8) is 0 Å². The van der Waals surface area contributed by atoms with E-state index >= 15 is 0 Å². The average Bonchev–Trinajstić information content (AvgIpc) is 3.20. The highest BCUT2D eigenvalue weighted by Gasteiger charge is 2.35. The molecule has 3 rings (SSSR count). The van der Waals surface area contributed by atoms with Gasteiger partial charge in [-0.15, -0.1) is 0 Å². The van der Waals surface area contributed by atoms with Crippen molar-refractivity contribution >= 4 is 5.91 Å². The molecule has 0 heterocycles. The molecule has 0 spiro atoms. The van der Waals surface area contributed by atoms with Crippen LogP contribution in [0.15, 0.2) is 42.5 Å². The first-order valence-electron chi connectivity index (χ1n) is 9.61. The number of carbonyl (C=O) groups excluding carboxylic acids is 1. The van der Waals surface area contributed by atoms with Crippen LogP contribution in [-0.4, -0.2) is 19.1 Å². The van der Waals surface area contributed by atoms with Crippen LogP contribution in [0.3, 0.4) is 0 Å². The lowest BCUT2D eigenvalue weighted by Gasteiger charge is -2.20. The van der Waals surface area contributed by atoms with E-state index in [1.807, 2.05) is 0 Å². The summed E-state index contributed by atoms with van der Waals surface area (Å²) in [5, 5.41) is 2.63. The first kappa shape index (κ1) is 21.0. The minimum Gasteiger partial charge on any atom is -0.493 e. The number of methoxy groups -OCH3 is 1. The van der Waals surface area contributed by atoms with E-state index in [2.05, 4.69) is 5.32 Å². The van der Waals surface area contributed by atoms with Crippen molar-refractivity contribution in [3.05, 3.63) is 59.2 Å².